The molecule has 0 aromatic rings. The van der Waals surface area contributed by atoms with Gasteiger partial charge in [-0.3, -0.25) is 4.99 Å². The average Bonchev–Trinajstić information content (AvgIpc) is 1.98. The number of aliphatic imine (C=N–C) groups is 1. The Morgan fingerprint density at radius 1 is 1.60 bits per heavy atom. The van der Waals surface area contributed by atoms with E-state index < -0.39 is 0 Å². The monoisotopic (exact) mass is 134 g/mol. The minimum absolute atomic E-state index is 0.626. The molecule has 1 N–H and O–H groups in total. The smallest absolute Gasteiger partial charge is 0.0603 e. The van der Waals surface area contributed by atoms with Gasteiger partial charge in [0.05, 0.1) is 5.57 Å². The fourth-order valence-corrected chi connectivity index (χ4v) is 0.405. The normalized spacial score (nSPS) is 10.8. The van der Waals surface area contributed by atoms with Gasteiger partial charge in [-0.1, -0.05) is 5.92 Å². The summed E-state index contributed by atoms with van der Waals surface area (Å²) < 4.78 is 0. The lowest BCUT2D eigenvalue weighted by Gasteiger charge is -1.81. The Hall–Kier alpha value is -1.36. The fourth-order valence-electron chi connectivity index (χ4n) is 0.405. The van der Waals surface area contributed by atoms with Gasteiger partial charge in [0.15, 0.2) is 0 Å². The molecule has 0 amide bonds. The summed E-state index contributed by atoms with van der Waals surface area (Å²) in [5.41, 5.74) is 0.626. The van der Waals surface area contributed by atoms with Crippen molar-refractivity contribution in [2.45, 2.75) is 13.8 Å². The Labute approximate surface area is 61.2 Å². The van der Waals surface area contributed by atoms with Crippen molar-refractivity contribution < 1.29 is 0 Å². The molecule has 0 rings (SSSR count). The van der Waals surface area contributed by atoms with E-state index >= 15 is 0 Å². The minimum Gasteiger partial charge on any atom is -0.307 e. The number of rotatable bonds is 2. The van der Waals surface area contributed by atoms with Crippen molar-refractivity contribution in [1.82, 2.24) is 0 Å². The van der Waals surface area contributed by atoms with Crippen LogP contribution in [0.5, 0.6) is 0 Å². The third-order valence-corrected chi connectivity index (χ3v) is 0.788. The molecule has 0 aliphatic rings. The average molecular weight is 134 g/mol. The van der Waals surface area contributed by atoms with E-state index in [1.165, 1.54) is 6.21 Å². The maximum absolute atomic E-state index is 6.87. The van der Waals surface area contributed by atoms with Crippen molar-refractivity contribution in [3.8, 4) is 11.8 Å². The third-order valence-electron chi connectivity index (χ3n) is 0.788. The van der Waals surface area contributed by atoms with Crippen molar-refractivity contribution in [3.05, 3.63) is 11.8 Å². The Bertz CT molecular complexity index is 213. The molecule has 0 saturated carbocycles. The highest BCUT2D eigenvalue weighted by molar-refractivity contribution is 5.82. The molecule has 0 aliphatic carbocycles. The lowest BCUT2D eigenvalue weighted by atomic mass is 10.3. The number of allylic oxidation sites excluding steroid dienone is 1. The van der Waals surface area contributed by atoms with Gasteiger partial charge in [0.25, 0.3) is 0 Å². The molecule has 10 heavy (non-hydrogen) atoms. The maximum Gasteiger partial charge on any atom is 0.0603 e. The van der Waals surface area contributed by atoms with E-state index in [0.717, 1.165) is 0 Å². The second-order valence-corrected chi connectivity index (χ2v) is 1.51. The van der Waals surface area contributed by atoms with Gasteiger partial charge in [0.2, 0.25) is 0 Å². The quantitative estimate of drug-likeness (QED) is 0.440. The van der Waals surface area contributed by atoms with E-state index in [9.17, 15) is 0 Å². The molecule has 0 aliphatic heterocycles. The Balaban J connectivity index is 4.28. The topological polar surface area (TPSA) is 36.2 Å². The summed E-state index contributed by atoms with van der Waals surface area (Å²) in [5, 5.41) is 6.87. The summed E-state index contributed by atoms with van der Waals surface area (Å²) in [5.74, 6) is 5.41. The predicted octanol–water partition coefficient (Wildman–Crippen LogP) is 1.63. The van der Waals surface area contributed by atoms with Crippen molar-refractivity contribution in [2.75, 3.05) is 0 Å². The van der Waals surface area contributed by atoms with E-state index in [-0.39, 0.29) is 0 Å². The summed E-state index contributed by atoms with van der Waals surface area (Å²) >= 11 is 0. The van der Waals surface area contributed by atoms with Crippen molar-refractivity contribution in [2.24, 2.45) is 4.99 Å². The molecule has 2 nitrogen and oxygen atoms in total. The molecular weight excluding hydrogens is 124 g/mol. The van der Waals surface area contributed by atoms with Crippen LogP contribution in [0.3, 0.4) is 0 Å². The lowest BCUT2D eigenvalue weighted by Crippen LogP contribution is -1.76. The molecule has 0 heterocycles. The number of nitrogens with zero attached hydrogens (tertiary/aromatic N) is 1. The molecule has 0 saturated heterocycles. The second-order valence-electron chi connectivity index (χ2n) is 1.51. The number of hydrogen-bond acceptors (Lipinski definition) is 2. The van der Waals surface area contributed by atoms with Crippen LogP contribution in [0.4, 0.5) is 0 Å². The standard InChI is InChI=1S/C8H10N2/c1-3-5-8(6-9)7-10-4-2/h4,6-7,9H,1-2H3/b8-7-,9-6?,10-4-. The third kappa shape index (κ3) is 3.62. The largest absolute Gasteiger partial charge is 0.307 e. The van der Waals surface area contributed by atoms with Crippen LogP contribution in [0.25, 0.3) is 0 Å². The Morgan fingerprint density at radius 2 is 2.30 bits per heavy atom. The highest BCUT2D eigenvalue weighted by Gasteiger charge is 1.79. The molecule has 0 atom stereocenters. The Morgan fingerprint density at radius 3 is 2.70 bits per heavy atom. The van der Waals surface area contributed by atoms with Crippen molar-refractivity contribution in [3.63, 3.8) is 0 Å². The van der Waals surface area contributed by atoms with Crippen LogP contribution >= 0.6 is 0 Å². The molecule has 0 aromatic heterocycles. The van der Waals surface area contributed by atoms with E-state index in [1.54, 1.807) is 19.3 Å². The van der Waals surface area contributed by atoms with Gasteiger partial charge in [0.1, 0.15) is 0 Å². The first-order chi connectivity index (χ1) is 4.85. The van der Waals surface area contributed by atoms with Gasteiger partial charge >= 0.3 is 0 Å². The summed E-state index contributed by atoms with van der Waals surface area (Å²) in [6.07, 6.45) is 4.40. The van der Waals surface area contributed by atoms with E-state index in [2.05, 4.69) is 16.8 Å². The van der Waals surface area contributed by atoms with Crippen molar-refractivity contribution >= 4 is 12.4 Å². The first-order valence-corrected chi connectivity index (χ1v) is 2.96. The SMILES string of the molecule is CC#C/C(C=N)=C/N=C\C. The van der Waals surface area contributed by atoms with E-state index in [0.29, 0.717) is 5.57 Å². The van der Waals surface area contributed by atoms with Gasteiger partial charge in [-0.15, -0.1) is 5.92 Å². The molecule has 52 valence electrons. The highest BCUT2D eigenvalue weighted by Crippen LogP contribution is 1.86. The second kappa shape index (κ2) is 5.77. The van der Waals surface area contributed by atoms with Crippen LogP contribution in [0, 0.1) is 17.3 Å². The van der Waals surface area contributed by atoms with Crippen LogP contribution in [0.1, 0.15) is 13.8 Å². The van der Waals surface area contributed by atoms with Crippen LogP contribution < -0.4 is 0 Å². The Kier molecular flexibility index (Phi) is 4.99. The first-order valence-electron chi connectivity index (χ1n) is 2.96. The molecule has 0 fully saturated rings. The summed E-state index contributed by atoms with van der Waals surface area (Å²) in [6.45, 7) is 3.55. The van der Waals surface area contributed by atoms with Crippen LogP contribution in [-0.2, 0) is 0 Å². The zero-order valence-electron chi connectivity index (χ0n) is 6.18. The van der Waals surface area contributed by atoms with Crippen LogP contribution in [0.2, 0.25) is 0 Å². The predicted molar refractivity (Wildman–Crippen MR) is 44.5 cm³/mol. The maximum atomic E-state index is 6.87. The van der Waals surface area contributed by atoms with Crippen LogP contribution in [0.15, 0.2) is 16.8 Å². The molecule has 0 spiro atoms. The zero-order chi connectivity index (χ0) is 7.82. The zero-order valence-corrected chi connectivity index (χ0v) is 6.18. The summed E-state index contributed by atoms with van der Waals surface area (Å²) in [4.78, 5) is 3.82. The number of hydrogen-bond donors (Lipinski definition) is 1. The fraction of sp³-hybridized carbons (Fsp3) is 0.250. The van der Waals surface area contributed by atoms with Gasteiger partial charge in [-0.25, -0.2) is 0 Å². The molecule has 0 radical (unpaired) electrons. The van der Waals surface area contributed by atoms with Crippen molar-refractivity contribution in [1.29, 1.82) is 5.41 Å². The highest BCUT2D eigenvalue weighted by atomic mass is 14.7. The summed E-state index contributed by atoms with van der Waals surface area (Å²) in [6, 6.07) is 0. The van der Waals surface area contributed by atoms with E-state index in [4.69, 9.17) is 5.41 Å². The molecule has 2 heteroatoms. The molecule has 0 bridgehead atoms. The number of nitrogens with one attached hydrogen (secondary N) is 1. The van der Waals surface area contributed by atoms with Crippen LogP contribution in [-0.4, -0.2) is 12.4 Å². The molecule has 0 unspecified atom stereocenters. The van der Waals surface area contributed by atoms with Gasteiger partial charge in [0, 0.05) is 18.6 Å². The molecular formula is C8H10N2. The van der Waals surface area contributed by atoms with E-state index in [1.807, 2.05) is 6.92 Å². The van der Waals surface area contributed by atoms with Gasteiger partial charge < -0.3 is 5.41 Å². The molecule has 0 aromatic carbocycles. The van der Waals surface area contributed by atoms with Gasteiger partial charge in [-0.05, 0) is 13.8 Å². The lowest BCUT2D eigenvalue weighted by molar-refractivity contribution is 1.51. The first kappa shape index (κ1) is 8.64. The van der Waals surface area contributed by atoms with Gasteiger partial charge in [-0.2, -0.15) is 0 Å². The summed E-state index contributed by atoms with van der Waals surface area (Å²) in [7, 11) is 0. The minimum atomic E-state index is 0.626.